The van der Waals surface area contributed by atoms with Crippen LogP contribution in [0.2, 0.25) is 9.26 Å². The molecule has 32 heavy (non-hydrogen) atoms. The quantitative estimate of drug-likeness (QED) is 0.223. The van der Waals surface area contributed by atoms with Crippen LogP contribution in [-0.2, 0) is 17.4 Å². The Kier molecular flexibility index (Phi) is 6.00. The maximum absolute atomic E-state index is 3.47. The van der Waals surface area contributed by atoms with Crippen molar-refractivity contribution < 1.29 is 17.4 Å². The zero-order valence-electron chi connectivity index (χ0n) is 18.4. The van der Waals surface area contributed by atoms with E-state index >= 15 is 0 Å². The van der Waals surface area contributed by atoms with Crippen molar-refractivity contribution in [2.75, 3.05) is 0 Å². The molecule has 0 aromatic heterocycles. The van der Waals surface area contributed by atoms with Crippen LogP contribution in [-0.4, -0.2) is 6.88 Å². The Labute approximate surface area is 205 Å². The molecule has 0 unspecified atom stereocenters. The molecule has 4 aromatic carbocycles. The summed E-state index contributed by atoms with van der Waals surface area (Å²) in [6.07, 6.45) is 0. The molecule has 0 aliphatic heterocycles. The van der Waals surface area contributed by atoms with Gasteiger partial charge in [-0.2, -0.15) is 0 Å². The molecule has 0 amide bonds. The van der Waals surface area contributed by atoms with Crippen LogP contribution in [0.4, 0.5) is 0 Å². The fraction of sp³-hybridized carbons (Fsp3) is 0.143. The van der Waals surface area contributed by atoms with Crippen molar-refractivity contribution in [3.63, 3.8) is 0 Å². The monoisotopic (exact) mass is 552 g/mol. The van der Waals surface area contributed by atoms with E-state index in [9.17, 15) is 0 Å². The van der Waals surface area contributed by atoms with E-state index in [0.717, 1.165) is 0 Å². The molecule has 0 saturated heterocycles. The summed E-state index contributed by atoms with van der Waals surface area (Å²) in [6, 6.07) is 36.7. The third kappa shape index (κ3) is 3.18. The summed E-state index contributed by atoms with van der Waals surface area (Å²) in [4.78, 5) is 0. The van der Waals surface area contributed by atoms with E-state index in [4.69, 9.17) is 0 Å². The molecule has 6 rings (SSSR count). The van der Waals surface area contributed by atoms with Gasteiger partial charge in [0, 0.05) is 0 Å². The van der Waals surface area contributed by atoms with Gasteiger partial charge in [0.15, 0.2) is 0 Å². The van der Waals surface area contributed by atoms with Gasteiger partial charge in [0.2, 0.25) is 0 Å². The normalized spacial score (nSPS) is 14.5. The van der Waals surface area contributed by atoms with Crippen LogP contribution < -0.4 is 0 Å². The molecular weight excluding hydrogens is 527 g/mol. The van der Waals surface area contributed by atoms with Crippen LogP contribution in [0.3, 0.4) is 0 Å². The van der Waals surface area contributed by atoms with Crippen molar-refractivity contribution in [2.45, 2.75) is 16.5 Å². The first-order valence-corrected chi connectivity index (χ1v) is 24.6. The summed E-state index contributed by atoms with van der Waals surface area (Å²) in [7, 11) is 0. The summed E-state index contributed by atoms with van der Waals surface area (Å²) >= 11 is -3.47. The summed E-state index contributed by atoms with van der Waals surface area (Å²) in [5.74, 6) is 0. The zero-order valence-corrected chi connectivity index (χ0v) is 23.9. The molecule has 0 spiro atoms. The van der Waals surface area contributed by atoms with Gasteiger partial charge in [-0.15, -0.1) is 24.8 Å². The van der Waals surface area contributed by atoms with Gasteiger partial charge >= 0.3 is 182 Å². The molecule has 0 nitrogen and oxygen atoms in total. The Morgan fingerprint density at radius 1 is 0.469 bits per heavy atom. The van der Waals surface area contributed by atoms with Gasteiger partial charge in [-0.1, -0.05) is 0 Å². The first-order valence-electron chi connectivity index (χ1n) is 10.9. The second-order valence-corrected chi connectivity index (χ2v) is 40.6. The van der Waals surface area contributed by atoms with Crippen LogP contribution in [0.15, 0.2) is 97.1 Å². The molecule has 0 radical (unpaired) electrons. The number of halogens is 2. The van der Waals surface area contributed by atoms with E-state index in [1.165, 1.54) is 22.3 Å². The van der Waals surface area contributed by atoms with Gasteiger partial charge in [-0.05, 0) is 0 Å². The van der Waals surface area contributed by atoms with Crippen LogP contribution in [0, 0.1) is 0 Å². The average Bonchev–Trinajstić information content (AvgIpc) is 3.28. The summed E-state index contributed by atoms with van der Waals surface area (Å²) in [6.45, 7) is 2.42. The van der Waals surface area contributed by atoms with Gasteiger partial charge < -0.3 is 0 Å². The van der Waals surface area contributed by atoms with Gasteiger partial charge in [0.05, 0.1) is 0 Å². The second kappa shape index (κ2) is 8.10. The van der Waals surface area contributed by atoms with Gasteiger partial charge in [0.1, 0.15) is 0 Å². The molecule has 2 aliphatic rings. The molecule has 2 aliphatic carbocycles. The minimum atomic E-state index is -3.47. The Bertz CT molecular complexity index is 1210. The SMILES string of the molecule is Cl.Cl.[CH3][Zr]([CH3])(=[SiH2])([CH]1c2ccccc2-c2ccccc21)[CH]1c2ccccc2-c2ccccc21. The molecule has 4 heteroatoms. The third-order valence-corrected chi connectivity index (χ3v) is 24.8. The molecule has 0 heterocycles. The first-order chi connectivity index (χ1) is 14.5. The van der Waals surface area contributed by atoms with Crippen molar-refractivity contribution in [3.05, 3.63) is 119 Å². The summed E-state index contributed by atoms with van der Waals surface area (Å²) in [5.41, 5.74) is 12.1. The number of benzene rings is 4. The zero-order chi connectivity index (χ0) is 20.5. The molecule has 0 bridgehead atoms. The Morgan fingerprint density at radius 2 is 0.688 bits per heavy atom. The van der Waals surface area contributed by atoms with Crippen LogP contribution in [0.1, 0.15) is 29.5 Å². The van der Waals surface area contributed by atoms with Gasteiger partial charge in [-0.3, -0.25) is 0 Å². The molecule has 0 N–H and O–H groups in total. The van der Waals surface area contributed by atoms with Crippen molar-refractivity contribution in [1.29, 1.82) is 0 Å². The molecule has 0 atom stereocenters. The number of rotatable bonds is 2. The first kappa shape index (κ1) is 23.7. The second-order valence-electron chi connectivity index (χ2n) is 10.2. The van der Waals surface area contributed by atoms with Gasteiger partial charge in [-0.25, -0.2) is 0 Å². The van der Waals surface area contributed by atoms with Crippen molar-refractivity contribution in [1.82, 2.24) is 0 Å². The van der Waals surface area contributed by atoms with E-state index in [1.807, 2.05) is 0 Å². The number of hydrogen-bond acceptors (Lipinski definition) is 0. The fourth-order valence-electron chi connectivity index (χ4n) is 6.52. The summed E-state index contributed by atoms with van der Waals surface area (Å²) in [5, 5.41) is 0. The van der Waals surface area contributed by atoms with Crippen molar-refractivity contribution in [3.8, 4) is 22.3 Å². The molecular formula is C28H28Cl2SiZr. The van der Waals surface area contributed by atoms with Crippen molar-refractivity contribution >= 4 is 31.7 Å². The molecule has 0 saturated carbocycles. The standard InChI is InChI=1S/2C13H9.2CH3.2ClH.H2Si.Zr/c2*1-3-7-12-10(5-1)9-11-6-2-4-8-13(11)12;;;;;;/h2*1-9H;2*1H3;2*1H;1H2;. The molecule has 4 aromatic rings. The van der Waals surface area contributed by atoms with Crippen LogP contribution in [0.25, 0.3) is 22.3 Å². The van der Waals surface area contributed by atoms with Crippen LogP contribution >= 0.6 is 24.8 Å². The summed E-state index contributed by atoms with van der Waals surface area (Å²) < 4.78 is 6.52. The van der Waals surface area contributed by atoms with E-state index in [1.54, 1.807) is 22.3 Å². The van der Waals surface area contributed by atoms with E-state index in [0.29, 0.717) is 7.25 Å². The maximum atomic E-state index is 2.72. The Morgan fingerprint density at radius 3 is 0.938 bits per heavy atom. The Balaban J connectivity index is 0.00000122. The predicted octanol–water partition coefficient (Wildman–Crippen LogP) is 7.70. The Hall–Kier alpha value is -1.44. The van der Waals surface area contributed by atoms with Crippen LogP contribution in [0.5, 0.6) is 0 Å². The fourth-order valence-corrected chi connectivity index (χ4v) is 25.1. The van der Waals surface area contributed by atoms with E-state index in [-0.39, 0.29) is 24.8 Å². The topological polar surface area (TPSA) is 0 Å². The molecule has 162 valence electrons. The van der Waals surface area contributed by atoms with E-state index in [2.05, 4.69) is 113 Å². The van der Waals surface area contributed by atoms with E-state index < -0.39 is 17.4 Å². The minimum absolute atomic E-state index is 0. The number of fused-ring (bicyclic) bond motifs is 6. The van der Waals surface area contributed by atoms with Crippen molar-refractivity contribution in [2.24, 2.45) is 0 Å². The van der Waals surface area contributed by atoms with Gasteiger partial charge in [0.25, 0.3) is 0 Å². The third-order valence-electron chi connectivity index (χ3n) is 7.56. The average molecular weight is 555 g/mol. The predicted molar refractivity (Wildman–Crippen MR) is 142 cm³/mol. The molecule has 0 fully saturated rings. The number of hydrogen-bond donors (Lipinski definition) is 0.